The summed E-state index contributed by atoms with van der Waals surface area (Å²) < 4.78 is 31.5. The molecule has 9 heteroatoms. The van der Waals surface area contributed by atoms with E-state index >= 15 is 0 Å². The summed E-state index contributed by atoms with van der Waals surface area (Å²) in [5, 5.41) is 6.33. The second kappa shape index (κ2) is 9.34. The second-order valence-corrected chi connectivity index (χ2v) is 8.89. The zero-order chi connectivity index (χ0) is 18.6. The lowest BCUT2D eigenvalue weighted by Crippen LogP contribution is -2.33. The smallest absolute Gasteiger partial charge is 0.240 e. The number of nitrogens with one attached hydrogen (secondary N) is 3. The molecule has 3 rings (SSSR count). The molecule has 0 radical (unpaired) electrons. The van der Waals surface area contributed by atoms with E-state index in [1.165, 1.54) is 7.11 Å². The molecule has 2 fully saturated rings. The number of ether oxygens (including phenoxy) is 1. The number of sulfonamides is 1. The Morgan fingerprint density at radius 1 is 1.26 bits per heavy atom. The van der Waals surface area contributed by atoms with Crippen molar-refractivity contribution >= 4 is 28.3 Å². The molecule has 27 heavy (non-hydrogen) atoms. The number of hydrogen-bond donors (Lipinski definition) is 3. The first-order valence-corrected chi connectivity index (χ1v) is 10.5. The third-order valence-corrected chi connectivity index (χ3v) is 6.88. The number of halogens is 1. The third kappa shape index (κ3) is 5.42. The molecule has 2 aliphatic rings. The van der Waals surface area contributed by atoms with E-state index in [0.29, 0.717) is 13.2 Å². The van der Waals surface area contributed by atoms with E-state index in [-0.39, 0.29) is 41.1 Å². The number of benzene rings is 1. The summed E-state index contributed by atoms with van der Waals surface area (Å²) in [6.45, 7) is 2.97. The van der Waals surface area contributed by atoms with Crippen LogP contribution in [0.4, 0.5) is 0 Å². The van der Waals surface area contributed by atoms with E-state index in [2.05, 4.69) is 15.4 Å². The molecular weight excluding hydrogens is 390 g/mol. The van der Waals surface area contributed by atoms with Gasteiger partial charge in [-0.3, -0.25) is 4.79 Å². The van der Waals surface area contributed by atoms with Gasteiger partial charge < -0.3 is 15.4 Å². The van der Waals surface area contributed by atoms with Crippen LogP contribution in [0.3, 0.4) is 0 Å². The van der Waals surface area contributed by atoms with Gasteiger partial charge in [0, 0.05) is 26.1 Å². The quantitative estimate of drug-likeness (QED) is 0.549. The van der Waals surface area contributed by atoms with E-state index in [0.717, 1.165) is 37.9 Å². The minimum absolute atomic E-state index is 0. The van der Waals surface area contributed by atoms with Crippen molar-refractivity contribution in [1.29, 1.82) is 0 Å². The highest BCUT2D eigenvalue weighted by Gasteiger charge is 2.57. The second-order valence-electron chi connectivity index (χ2n) is 7.12. The van der Waals surface area contributed by atoms with E-state index < -0.39 is 10.0 Å². The Bertz CT molecular complexity index is 733. The van der Waals surface area contributed by atoms with E-state index in [4.69, 9.17) is 4.74 Å². The van der Waals surface area contributed by atoms with Crippen LogP contribution in [-0.4, -0.2) is 47.7 Å². The lowest BCUT2D eigenvalue weighted by molar-refractivity contribution is -0.123. The summed E-state index contributed by atoms with van der Waals surface area (Å²) in [4.78, 5) is 12.6. The highest BCUT2D eigenvalue weighted by Crippen LogP contribution is 2.58. The minimum atomic E-state index is -3.53. The fraction of sp³-hybridized carbons (Fsp3) is 0.611. The number of carbonyl (C=O) groups excluding carboxylic acids is 1. The predicted molar refractivity (Wildman–Crippen MR) is 105 cm³/mol. The van der Waals surface area contributed by atoms with Gasteiger partial charge in [0.2, 0.25) is 15.9 Å². The largest absolute Gasteiger partial charge is 0.383 e. The normalized spacial score (nSPS) is 20.7. The number of piperidine rings is 1. The first-order valence-electron chi connectivity index (χ1n) is 9.03. The maximum atomic E-state index is 12.4. The first-order chi connectivity index (χ1) is 12.5. The predicted octanol–water partition coefficient (Wildman–Crippen LogP) is 1.04. The molecule has 1 aromatic rings. The molecule has 1 aliphatic heterocycles. The van der Waals surface area contributed by atoms with Crippen LogP contribution >= 0.6 is 12.4 Å². The molecule has 1 aliphatic carbocycles. The van der Waals surface area contributed by atoms with Crippen LogP contribution in [0.2, 0.25) is 0 Å². The average Bonchev–Trinajstić information content (AvgIpc) is 3.33. The summed E-state index contributed by atoms with van der Waals surface area (Å²) >= 11 is 0. The van der Waals surface area contributed by atoms with Crippen LogP contribution in [0, 0.1) is 11.3 Å². The Labute approximate surface area is 167 Å². The van der Waals surface area contributed by atoms with Crippen molar-refractivity contribution in [2.45, 2.75) is 30.7 Å². The Morgan fingerprint density at radius 2 is 1.93 bits per heavy atom. The SMILES string of the molecule is COCCNS(=O)(=O)c1ccc(CNC(=O)C2CC23CCNCC3)cc1.Cl. The zero-order valence-electron chi connectivity index (χ0n) is 15.5. The van der Waals surface area contributed by atoms with Gasteiger partial charge in [0.05, 0.1) is 11.5 Å². The van der Waals surface area contributed by atoms with E-state index in [1.807, 2.05) is 0 Å². The summed E-state index contributed by atoms with van der Waals surface area (Å²) in [6.07, 6.45) is 3.15. The van der Waals surface area contributed by atoms with Crippen molar-refractivity contribution in [3.05, 3.63) is 29.8 Å². The molecule has 1 aromatic carbocycles. The molecule has 3 N–H and O–H groups in total. The van der Waals surface area contributed by atoms with Gasteiger partial charge in [0.1, 0.15) is 0 Å². The Morgan fingerprint density at radius 3 is 2.56 bits per heavy atom. The molecule has 1 spiro atoms. The Hall–Kier alpha value is -1.19. The summed E-state index contributed by atoms with van der Waals surface area (Å²) in [7, 11) is -2.01. The van der Waals surface area contributed by atoms with Gasteiger partial charge in [-0.25, -0.2) is 13.1 Å². The van der Waals surface area contributed by atoms with E-state index in [9.17, 15) is 13.2 Å². The molecule has 1 unspecified atom stereocenters. The fourth-order valence-corrected chi connectivity index (χ4v) is 4.67. The van der Waals surface area contributed by atoms with Crippen LogP contribution in [0.25, 0.3) is 0 Å². The molecule has 1 amide bonds. The monoisotopic (exact) mass is 417 g/mol. The van der Waals surface area contributed by atoms with Crippen LogP contribution in [0.15, 0.2) is 29.2 Å². The van der Waals surface area contributed by atoms with Crippen LogP contribution in [-0.2, 0) is 26.1 Å². The van der Waals surface area contributed by atoms with Crippen molar-refractivity contribution in [2.24, 2.45) is 11.3 Å². The van der Waals surface area contributed by atoms with Crippen LogP contribution in [0.1, 0.15) is 24.8 Å². The standard InChI is InChI=1S/C18H27N3O4S.ClH/c1-25-11-10-21-26(23,24)15-4-2-14(3-5-15)13-20-17(22)16-12-18(16)6-8-19-9-7-18;/h2-5,16,19,21H,6-13H2,1H3,(H,20,22);1H. The average molecular weight is 418 g/mol. The fourth-order valence-electron chi connectivity index (χ4n) is 3.66. The highest BCUT2D eigenvalue weighted by molar-refractivity contribution is 7.89. The van der Waals surface area contributed by atoms with Crippen LogP contribution in [0.5, 0.6) is 0 Å². The van der Waals surface area contributed by atoms with Gasteiger partial charge in [-0.05, 0) is 55.5 Å². The number of rotatable bonds is 8. The first kappa shape index (κ1) is 22.1. The van der Waals surface area contributed by atoms with Gasteiger partial charge in [-0.15, -0.1) is 12.4 Å². The van der Waals surface area contributed by atoms with Gasteiger partial charge in [0.25, 0.3) is 0 Å². The summed E-state index contributed by atoms with van der Waals surface area (Å²) in [5.74, 6) is 0.249. The molecule has 1 heterocycles. The van der Waals surface area contributed by atoms with Gasteiger partial charge in [0.15, 0.2) is 0 Å². The number of amides is 1. The maximum absolute atomic E-state index is 12.4. The molecule has 0 bridgehead atoms. The molecule has 1 atom stereocenters. The van der Waals surface area contributed by atoms with Crippen molar-refractivity contribution < 1.29 is 17.9 Å². The molecule has 152 valence electrons. The zero-order valence-corrected chi connectivity index (χ0v) is 17.1. The Kier molecular flexibility index (Phi) is 7.64. The lowest BCUT2D eigenvalue weighted by Gasteiger charge is -2.23. The molecule has 0 aromatic heterocycles. The highest BCUT2D eigenvalue weighted by atomic mass is 35.5. The molecular formula is C18H28ClN3O4S. The van der Waals surface area contributed by atoms with Crippen molar-refractivity contribution in [3.63, 3.8) is 0 Å². The lowest BCUT2D eigenvalue weighted by atomic mass is 9.92. The van der Waals surface area contributed by atoms with Crippen LogP contribution < -0.4 is 15.4 Å². The van der Waals surface area contributed by atoms with Gasteiger partial charge in [-0.2, -0.15) is 0 Å². The number of carbonyl (C=O) groups is 1. The Balaban J connectivity index is 0.00000261. The summed E-state index contributed by atoms with van der Waals surface area (Å²) in [5.41, 5.74) is 1.11. The van der Waals surface area contributed by atoms with E-state index in [1.54, 1.807) is 24.3 Å². The van der Waals surface area contributed by atoms with Crippen molar-refractivity contribution in [1.82, 2.24) is 15.4 Å². The van der Waals surface area contributed by atoms with Gasteiger partial charge >= 0.3 is 0 Å². The maximum Gasteiger partial charge on any atom is 0.240 e. The molecule has 1 saturated heterocycles. The molecule has 1 saturated carbocycles. The number of methoxy groups -OCH3 is 1. The van der Waals surface area contributed by atoms with Crippen molar-refractivity contribution in [2.75, 3.05) is 33.4 Å². The molecule has 7 nitrogen and oxygen atoms in total. The topological polar surface area (TPSA) is 96.5 Å². The van der Waals surface area contributed by atoms with Crippen molar-refractivity contribution in [3.8, 4) is 0 Å². The summed E-state index contributed by atoms with van der Waals surface area (Å²) in [6, 6.07) is 6.58. The number of hydrogen-bond acceptors (Lipinski definition) is 5. The van der Waals surface area contributed by atoms with Gasteiger partial charge in [-0.1, -0.05) is 12.1 Å². The minimum Gasteiger partial charge on any atom is -0.383 e. The third-order valence-electron chi connectivity index (χ3n) is 5.40.